The summed E-state index contributed by atoms with van der Waals surface area (Å²) in [7, 11) is 1.50. The predicted molar refractivity (Wildman–Crippen MR) is 125 cm³/mol. The Bertz CT molecular complexity index is 1240. The molecular formula is C19H18N8O4S2. The van der Waals surface area contributed by atoms with Crippen LogP contribution in [0.5, 0.6) is 0 Å². The highest BCUT2D eigenvalue weighted by atomic mass is 32.1. The molecule has 1 aliphatic rings. The summed E-state index contributed by atoms with van der Waals surface area (Å²) in [5.41, 5.74) is 7.88. The predicted octanol–water partition coefficient (Wildman–Crippen LogP) is 1.80. The van der Waals surface area contributed by atoms with Gasteiger partial charge in [-0.15, -0.1) is 11.3 Å². The van der Waals surface area contributed by atoms with E-state index in [4.69, 9.17) is 5.73 Å². The molecule has 0 radical (unpaired) electrons. The molecular weight excluding hydrogens is 468 g/mol. The zero-order valence-electron chi connectivity index (χ0n) is 17.1. The summed E-state index contributed by atoms with van der Waals surface area (Å²) in [5, 5.41) is 15.1. The highest BCUT2D eigenvalue weighted by molar-refractivity contribution is 7.23. The number of imide groups is 1. The Morgan fingerprint density at radius 3 is 2.79 bits per heavy atom. The minimum atomic E-state index is -0.951. The molecule has 33 heavy (non-hydrogen) atoms. The van der Waals surface area contributed by atoms with Gasteiger partial charge in [-0.1, -0.05) is 23.5 Å². The van der Waals surface area contributed by atoms with E-state index in [-0.39, 0.29) is 12.2 Å². The van der Waals surface area contributed by atoms with Crippen molar-refractivity contribution >= 4 is 63.2 Å². The van der Waals surface area contributed by atoms with Crippen molar-refractivity contribution < 1.29 is 19.2 Å². The van der Waals surface area contributed by atoms with Crippen molar-refractivity contribution in [3.8, 4) is 21.1 Å². The molecule has 0 spiro atoms. The van der Waals surface area contributed by atoms with Crippen molar-refractivity contribution in [2.75, 3.05) is 23.4 Å². The molecule has 0 aliphatic carbocycles. The number of nitrogens with two attached hydrogens (primary N) is 1. The Morgan fingerprint density at radius 1 is 1.21 bits per heavy atom. The van der Waals surface area contributed by atoms with Crippen LogP contribution in [0.2, 0.25) is 0 Å². The van der Waals surface area contributed by atoms with Gasteiger partial charge in [0.05, 0.1) is 12.1 Å². The molecule has 0 unspecified atom stereocenters. The molecule has 0 saturated carbocycles. The Labute approximate surface area is 195 Å². The summed E-state index contributed by atoms with van der Waals surface area (Å²) < 4.78 is 0. The third-order valence-corrected chi connectivity index (χ3v) is 6.47. The molecule has 6 amide bonds. The molecule has 12 nitrogen and oxygen atoms in total. The fraction of sp³-hybridized carbons (Fsp3) is 0.158. The van der Waals surface area contributed by atoms with Crippen molar-refractivity contribution in [2.45, 2.75) is 12.5 Å². The maximum atomic E-state index is 12.5. The molecule has 1 aliphatic heterocycles. The van der Waals surface area contributed by atoms with E-state index in [0.29, 0.717) is 26.4 Å². The number of amides is 6. The standard InChI is InChI=1S/C19H18N8O4S2/c1-21-17(30)27-19-26-14(20)13(33-19)16-23-11(7-32-16)8-3-2-4-9(5-8)22-15(29)10-6-12(28)25-18(31)24-10/h2-5,7,10H,6,20H2,1H3,(H,22,29)(H2,21,26,27,30)(H2,24,25,28,31)/t10-/m0/s1. The molecule has 3 heterocycles. The van der Waals surface area contributed by atoms with Crippen molar-refractivity contribution in [3.05, 3.63) is 29.6 Å². The second kappa shape index (κ2) is 9.22. The molecule has 14 heteroatoms. The fourth-order valence-electron chi connectivity index (χ4n) is 2.96. The third-order valence-electron chi connectivity index (χ3n) is 4.49. The maximum absolute atomic E-state index is 12.5. The van der Waals surface area contributed by atoms with E-state index < -0.39 is 29.9 Å². The first-order chi connectivity index (χ1) is 15.8. The number of nitrogens with one attached hydrogen (secondary N) is 5. The monoisotopic (exact) mass is 486 g/mol. The van der Waals surface area contributed by atoms with Gasteiger partial charge >= 0.3 is 12.1 Å². The Balaban J connectivity index is 1.50. The van der Waals surface area contributed by atoms with Crippen LogP contribution in [-0.2, 0) is 9.59 Å². The van der Waals surface area contributed by atoms with Crippen LogP contribution in [0.25, 0.3) is 21.1 Å². The Kier molecular flexibility index (Phi) is 6.19. The van der Waals surface area contributed by atoms with Crippen LogP contribution in [-0.4, -0.2) is 46.9 Å². The van der Waals surface area contributed by atoms with Crippen LogP contribution in [0.4, 0.5) is 26.2 Å². The van der Waals surface area contributed by atoms with E-state index >= 15 is 0 Å². The number of hydrogen-bond donors (Lipinski definition) is 6. The van der Waals surface area contributed by atoms with Crippen LogP contribution < -0.4 is 32.3 Å². The van der Waals surface area contributed by atoms with Gasteiger partial charge in [-0.2, -0.15) is 0 Å². The van der Waals surface area contributed by atoms with Gasteiger partial charge < -0.3 is 21.7 Å². The topological polar surface area (TPSA) is 180 Å². The molecule has 1 aromatic carbocycles. The summed E-state index contributed by atoms with van der Waals surface area (Å²) in [6.07, 6.45) is -0.139. The molecule has 4 rings (SSSR count). The minimum absolute atomic E-state index is 0.139. The van der Waals surface area contributed by atoms with E-state index in [0.717, 1.165) is 5.56 Å². The molecule has 2 aromatic heterocycles. The zero-order valence-corrected chi connectivity index (χ0v) is 18.7. The molecule has 3 aromatic rings. The van der Waals surface area contributed by atoms with E-state index in [2.05, 4.69) is 36.6 Å². The van der Waals surface area contributed by atoms with E-state index in [1.165, 1.54) is 29.7 Å². The molecule has 7 N–H and O–H groups in total. The van der Waals surface area contributed by atoms with Crippen LogP contribution in [0.1, 0.15) is 6.42 Å². The highest BCUT2D eigenvalue weighted by Crippen LogP contribution is 2.38. The van der Waals surface area contributed by atoms with Gasteiger partial charge in [0.2, 0.25) is 11.8 Å². The van der Waals surface area contributed by atoms with Crippen molar-refractivity contribution in [1.29, 1.82) is 0 Å². The number of nitrogens with zero attached hydrogens (tertiary/aromatic N) is 2. The lowest BCUT2D eigenvalue weighted by atomic mass is 10.1. The van der Waals surface area contributed by atoms with Gasteiger partial charge in [-0.25, -0.2) is 19.6 Å². The third kappa shape index (κ3) is 5.07. The summed E-state index contributed by atoms with van der Waals surface area (Å²) in [4.78, 5) is 56.3. The van der Waals surface area contributed by atoms with Crippen molar-refractivity contribution in [2.24, 2.45) is 0 Å². The van der Waals surface area contributed by atoms with Gasteiger partial charge in [-0.05, 0) is 12.1 Å². The number of benzene rings is 1. The summed E-state index contributed by atoms with van der Waals surface area (Å²) in [6, 6.07) is 4.95. The lowest BCUT2D eigenvalue weighted by molar-refractivity contribution is -0.126. The van der Waals surface area contributed by atoms with E-state index in [1.807, 2.05) is 11.4 Å². The van der Waals surface area contributed by atoms with Crippen LogP contribution in [0.15, 0.2) is 29.6 Å². The quantitative estimate of drug-likeness (QED) is 0.318. The number of hydrogen-bond acceptors (Lipinski definition) is 9. The molecule has 0 bridgehead atoms. The SMILES string of the molecule is CNC(=O)Nc1nc(N)c(-c2nc(-c3cccc(NC(=O)[C@@H]4CC(=O)NC(=O)N4)c3)cs2)s1. The van der Waals surface area contributed by atoms with Gasteiger partial charge in [0.15, 0.2) is 5.13 Å². The second-order valence-electron chi connectivity index (χ2n) is 6.82. The van der Waals surface area contributed by atoms with Gasteiger partial charge in [0.25, 0.3) is 0 Å². The number of carbonyl (C=O) groups is 4. The number of nitrogen functional groups attached to an aromatic ring is 1. The highest BCUT2D eigenvalue weighted by Gasteiger charge is 2.29. The molecule has 1 fully saturated rings. The maximum Gasteiger partial charge on any atom is 0.322 e. The summed E-state index contributed by atoms with van der Waals surface area (Å²) >= 11 is 2.57. The summed E-state index contributed by atoms with van der Waals surface area (Å²) in [6.45, 7) is 0. The van der Waals surface area contributed by atoms with Crippen LogP contribution >= 0.6 is 22.7 Å². The summed E-state index contributed by atoms with van der Waals surface area (Å²) in [5.74, 6) is -0.756. The molecule has 170 valence electrons. The van der Waals surface area contributed by atoms with E-state index in [1.54, 1.807) is 18.2 Å². The Hall–Kier alpha value is -4.04. The second-order valence-corrected chi connectivity index (χ2v) is 8.68. The minimum Gasteiger partial charge on any atom is -0.382 e. The van der Waals surface area contributed by atoms with Crippen LogP contribution in [0, 0.1) is 0 Å². The average Bonchev–Trinajstić information content (AvgIpc) is 3.39. The van der Waals surface area contributed by atoms with Gasteiger partial charge in [-0.3, -0.25) is 20.2 Å². The van der Waals surface area contributed by atoms with Crippen molar-refractivity contribution in [1.82, 2.24) is 25.9 Å². The molecule has 1 saturated heterocycles. The first-order valence-electron chi connectivity index (χ1n) is 9.55. The lowest BCUT2D eigenvalue weighted by Crippen LogP contribution is -2.56. The van der Waals surface area contributed by atoms with E-state index in [9.17, 15) is 19.2 Å². The normalized spacial score (nSPS) is 15.4. The number of carbonyl (C=O) groups excluding carboxylic acids is 4. The number of urea groups is 2. The largest absolute Gasteiger partial charge is 0.382 e. The first-order valence-corrected chi connectivity index (χ1v) is 11.2. The fourth-order valence-corrected chi connectivity index (χ4v) is 4.77. The number of aromatic nitrogens is 2. The number of rotatable bonds is 5. The smallest absolute Gasteiger partial charge is 0.322 e. The average molecular weight is 487 g/mol. The number of thiazole rings is 2. The lowest BCUT2D eigenvalue weighted by Gasteiger charge is -2.22. The number of anilines is 3. The van der Waals surface area contributed by atoms with Gasteiger partial charge in [0.1, 0.15) is 21.7 Å². The molecule has 1 atom stereocenters. The zero-order chi connectivity index (χ0) is 23.5. The Morgan fingerprint density at radius 2 is 2.03 bits per heavy atom. The van der Waals surface area contributed by atoms with Gasteiger partial charge in [0, 0.05) is 23.7 Å². The first kappa shape index (κ1) is 22.2. The van der Waals surface area contributed by atoms with Crippen LogP contribution in [0.3, 0.4) is 0 Å². The van der Waals surface area contributed by atoms with Crippen molar-refractivity contribution in [3.63, 3.8) is 0 Å².